The van der Waals surface area contributed by atoms with Gasteiger partial charge in [0.2, 0.25) is 0 Å². The van der Waals surface area contributed by atoms with Crippen LogP contribution in [0.25, 0.3) is 125 Å². The van der Waals surface area contributed by atoms with Crippen molar-refractivity contribution in [3.8, 4) is 34.2 Å². The molecule has 8 aromatic carbocycles. The fraction of sp³-hybridized carbons (Fsp3) is 0.378. The molecule has 8 aromatic heterocycles. The maximum absolute atomic E-state index is 5.96. The smallest absolute Gasteiger partial charge is 0.275 e. The Balaban J connectivity index is 0.000000208. The number of benzene rings is 8. The van der Waals surface area contributed by atoms with Crippen molar-refractivity contribution in [2.75, 3.05) is 0 Å². The van der Waals surface area contributed by atoms with Gasteiger partial charge in [0, 0.05) is 113 Å². The van der Waals surface area contributed by atoms with Gasteiger partial charge < -0.3 is 8.98 Å². The topological polar surface area (TPSA) is 104 Å². The van der Waals surface area contributed by atoms with Crippen LogP contribution in [-0.2, 0) is 56.4 Å². The molecule has 14 nitrogen and oxygen atoms in total. The van der Waals surface area contributed by atoms with E-state index in [0.717, 1.165) is 62.7 Å². The van der Waals surface area contributed by atoms with Crippen LogP contribution in [0.5, 0.6) is 0 Å². The Morgan fingerprint density at radius 3 is 1.28 bits per heavy atom. The van der Waals surface area contributed by atoms with E-state index >= 15 is 0 Å². The summed E-state index contributed by atoms with van der Waals surface area (Å²) in [4.78, 5) is 0. The van der Waals surface area contributed by atoms with Gasteiger partial charge in [0.15, 0.2) is 5.52 Å². The number of aromatic nitrogens is 13. The summed E-state index contributed by atoms with van der Waals surface area (Å²) in [5.74, 6) is 7.44. The van der Waals surface area contributed by atoms with Gasteiger partial charge in [-0.2, -0.15) is 0 Å². The number of pyridine rings is 1. The van der Waals surface area contributed by atoms with E-state index in [4.69, 9.17) is 9.52 Å². The Hall–Kier alpha value is -9.86. The van der Waals surface area contributed by atoms with Crippen molar-refractivity contribution >= 4 is 103 Å². The fourth-order valence-corrected chi connectivity index (χ4v) is 15.2. The monoisotopic (exact) mass is 1430 g/mol. The summed E-state index contributed by atoms with van der Waals surface area (Å²) >= 11 is 1.86. The van der Waals surface area contributed by atoms with Crippen LogP contribution >= 0.6 is 11.3 Å². The molecule has 16 rings (SSSR count). The van der Waals surface area contributed by atoms with Gasteiger partial charge in [0.05, 0.1) is 71.4 Å². The standard InChI is InChI=1S/C21H24N3.C19H21N4.C18H18N3O.C18H18N3S.7C2H6/c1-11-9-8-10-17-18(11)21-23(7)16(6)22-24(21)20-15(5)13(3)12(2)14(4)19(17)20;1-12-10-18-16(14-8-6-7-9-17(14)22(18)4)11-15(12)19-21(3)13(2)20-23(19)5;2*1-11-9-17-15(13-7-5-6-8-16(13)22-17)10-14(11)18-20(3)12(2)19-21(18)4;7*1-2/h8-10H,1-7H3;6-11H,1-5H3;2*5-10H,1-4H3;7*1-2H3/q4*+1;;;;;;;. The minimum Gasteiger partial charge on any atom is -0.456 e. The number of rotatable bonds is 3. The molecule has 0 unspecified atom stereocenters. The maximum atomic E-state index is 5.96. The average Bonchev–Trinajstić information content (AvgIpc) is 1.62. The molecular weight excluding hydrogens is 1310 g/mol. The lowest BCUT2D eigenvalue weighted by Crippen LogP contribution is -2.32. The summed E-state index contributed by atoms with van der Waals surface area (Å²) in [7, 11) is 16.5. The highest BCUT2D eigenvalue weighted by Gasteiger charge is 2.29. The zero-order valence-corrected chi connectivity index (χ0v) is 71.1. The van der Waals surface area contributed by atoms with Crippen LogP contribution in [-0.4, -0.2) is 43.5 Å². The largest absolute Gasteiger partial charge is 0.456 e. The lowest BCUT2D eigenvalue weighted by molar-refractivity contribution is -0.667. The van der Waals surface area contributed by atoms with Crippen molar-refractivity contribution in [1.82, 2.24) is 43.5 Å². The summed E-state index contributed by atoms with van der Waals surface area (Å²) in [6.45, 7) is 53.8. The molecule has 0 radical (unpaired) electrons. The molecule has 0 saturated heterocycles. The quantitative estimate of drug-likeness (QED) is 0.129. The first kappa shape index (κ1) is 84.1. The predicted molar refractivity (Wildman–Crippen MR) is 451 cm³/mol. The molecule has 105 heavy (non-hydrogen) atoms. The van der Waals surface area contributed by atoms with E-state index in [9.17, 15) is 0 Å². The number of hydrogen-bond acceptors (Lipinski definition) is 6. The highest BCUT2D eigenvalue weighted by atomic mass is 32.1. The van der Waals surface area contributed by atoms with E-state index in [-0.39, 0.29) is 0 Å². The second-order valence-corrected chi connectivity index (χ2v) is 26.1. The number of thiophene rings is 1. The average molecular weight is 1440 g/mol. The van der Waals surface area contributed by atoms with Crippen molar-refractivity contribution < 1.29 is 22.7 Å². The molecule has 0 aliphatic rings. The molecule has 0 N–H and O–H groups in total. The van der Waals surface area contributed by atoms with E-state index in [1.807, 2.05) is 182 Å². The first-order chi connectivity index (χ1) is 50.4. The van der Waals surface area contributed by atoms with Gasteiger partial charge in [-0.25, -0.2) is 18.3 Å². The minimum absolute atomic E-state index is 0.930. The normalized spacial score (nSPS) is 10.6. The lowest BCUT2D eigenvalue weighted by Gasteiger charge is -2.15. The molecule has 0 aliphatic carbocycles. The van der Waals surface area contributed by atoms with Gasteiger partial charge in [0.1, 0.15) is 11.2 Å². The molecule has 15 heteroatoms. The van der Waals surface area contributed by atoms with E-state index < -0.39 is 0 Å². The number of fused-ring (bicyclic) bond motifs is 15. The molecule has 16 aromatic rings. The second-order valence-electron chi connectivity index (χ2n) is 25.0. The fourth-order valence-electron chi connectivity index (χ4n) is 14.0. The molecule has 0 aliphatic heterocycles. The van der Waals surface area contributed by atoms with E-state index in [1.54, 1.807) is 0 Å². The Morgan fingerprint density at radius 1 is 0.324 bits per heavy atom. The Labute approximate surface area is 630 Å². The van der Waals surface area contributed by atoms with Crippen LogP contribution < -0.4 is 18.3 Å². The molecule has 0 saturated carbocycles. The van der Waals surface area contributed by atoms with E-state index in [0.29, 0.717) is 0 Å². The number of para-hydroxylation sites is 2. The second kappa shape index (κ2) is 36.7. The predicted octanol–water partition coefficient (Wildman–Crippen LogP) is 22.0. The van der Waals surface area contributed by atoms with Crippen LogP contribution in [0.4, 0.5) is 0 Å². The van der Waals surface area contributed by atoms with Gasteiger partial charge in [-0.3, -0.25) is 0 Å². The first-order valence-corrected chi connectivity index (χ1v) is 38.9. The molecule has 556 valence electrons. The van der Waals surface area contributed by atoms with Crippen LogP contribution in [0.2, 0.25) is 0 Å². The van der Waals surface area contributed by atoms with Gasteiger partial charge in [-0.1, -0.05) is 174 Å². The first-order valence-electron chi connectivity index (χ1n) is 38.1. The molecule has 8 heterocycles. The van der Waals surface area contributed by atoms with E-state index in [1.165, 1.54) is 130 Å². The number of nitrogens with zero attached hydrogens (tertiary/aromatic N) is 13. The van der Waals surface area contributed by atoms with Gasteiger partial charge in [0.25, 0.3) is 46.4 Å². The van der Waals surface area contributed by atoms with Crippen LogP contribution in [0.3, 0.4) is 0 Å². The summed E-state index contributed by atoms with van der Waals surface area (Å²) in [6, 6.07) is 45.5. The molecule has 0 spiro atoms. The third-order valence-electron chi connectivity index (χ3n) is 19.5. The van der Waals surface area contributed by atoms with Gasteiger partial charge in [-0.05, 0) is 160 Å². The summed E-state index contributed by atoms with van der Waals surface area (Å²) in [6.07, 6.45) is 0. The minimum atomic E-state index is 0.930. The third-order valence-corrected chi connectivity index (χ3v) is 20.7. The Bertz CT molecular complexity index is 5510. The van der Waals surface area contributed by atoms with E-state index in [2.05, 4.69) is 249 Å². The number of furan rings is 1. The van der Waals surface area contributed by atoms with Crippen molar-refractivity contribution in [3.05, 3.63) is 195 Å². The van der Waals surface area contributed by atoms with Crippen LogP contribution in [0.15, 0.2) is 132 Å². The lowest BCUT2D eigenvalue weighted by atomic mass is 9.91. The summed E-state index contributed by atoms with van der Waals surface area (Å²) < 4.78 is 27.6. The maximum Gasteiger partial charge on any atom is 0.275 e. The van der Waals surface area contributed by atoms with Crippen molar-refractivity contribution in [3.63, 3.8) is 0 Å². The molecule has 0 amide bonds. The Kier molecular flexibility index (Phi) is 29.4. The van der Waals surface area contributed by atoms with Gasteiger partial charge in [-0.15, -0.1) is 25.4 Å². The Morgan fingerprint density at radius 2 is 0.752 bits per heavy atom. The summed E-state index contributed by atoms with van der Waals surface area (Å²) in [5, 5.41) is 30.0. The number of hydrogen-bond donors (Lipinski definition) is 0. The zero-order chi connectivity index (χ0) is 78.5. The molecule has 0 fully saturated rings. The van der Waals surface area contributed by atoms with Crippen molar-refractivity contribution in [2.24, 2.45) is 56.4 Å². The molecule has 0 bridgehead atoms. The molecule has 0 atom stereocenters. The highest BCUT2D eigenvalue weighted by Crippen LogP contribution is 2.40. The zero-order valence-electron chi connectivity index (χ0n) is 70.3. The third kappa shape index (κ3) is 15.8. The SMILES string of the molecule is CC.CC.CC.CC.CC.CC.CC.Cc1c(C)c(C)c2c(c1C)c1cccc(C)c1c1n2nc(C)[n+]1C.Cc1cc2c(cc1-c1n(C)nc(C)[n+]1C)c1ccccc1n2C.Cc1cc2oc3ccccc3c2cc1-c1n(C)nc(C)[n+]1C.Cc1cc2sc3ccccc3c2cc1-c1n(C)nc(C)[n+]1C. The summed E-state index contributed by atoms with van der Waals surface area (Å²) in [5.41, 5.74) is 21.0. The highest BCUT2D eigenvalue weighted by molar-refractivity contribution is 7.25. The van der Waals surface area contributed by atoms with Gasteiger partial charge >= 0.3 is 0 Å². The van der Waals surface area contributed by atoms with Crippen molar-refractivity contribution in [2.45, 2.75) is 180 Å². The van der Waals surface area contributed by atoms with Crippen LogP contribution in [0, 0.1) is 83.1 Å². The van der Waals surface area contributed by atoms with Crippen LogP contribution in [0.1, 0.15) is 165 Å². The number of aryl methyl sites for hydroxylation is 15. The van der Waals surface area contributed by atoms with Crippen molar-refractivity contribution in [1.29, 1.82) is 0 Å². The molecular formula is C90H123N13OS+4.